The molecule has 15 heavy (non-hydrogen) atoms. The SMILES string of the molecule is NCC1CCN(C(=O)c2ccoc2)CC1. The molecule has 1 saturated heterocycles. The summed E-state index contributed by atoms with van der Waals surface area (Å²) in [5.74, 6) is 0.651. The van der Waals surface area contributed by atoms with Crippen molar-refractivity contribution in [2.75, 3.05) is 19.6 Å². The van der Waals surface area contributed by atoms with E-state index in [0.717, 1.165) is 32.5 Å². The molecule has 1 amide bonds. The largest absolute Gasteiger partial charge is 0.472 e. The number of likely N-dealkylation sites (tertiary alicyclic amines) is 1. The molecular weight excluding hydrogens is 192 g/mol. The predicted molar refractivity (Wildman–Crippen MR) is 56.4 cm³/mol. The minimum absolute atomic E-state index is 0.0687. The Hall–Kier alpha value is -1.29. The molecule has 0 radical (unpaired) electrons. The van der Waals surface area contributed by atoms with E-state index in [1.54, 1.807) is 6.07 Å². The van der Waals surface area contributed by atoms with E-state index in [4.69, 9.17) is 10.2 Å². The Morgan fingerprint density at radius 3 is 2.80 bits per heavy atom. The molecule has 2 N–H and O–H groups in total. The molecule has 82 valence electrons. The highest BCUT2D eigenvalue weighted by Crippen LogP contribution is 2.17. The quantitative estimate of drug-likeness (QED) is 0.791. The molecule has 4 heteroatoms. The molecule has 1 aromatic heterocycles. The van der Waals surface area contributed by atoms with Crippen molar-refractivity contribution in [3.8, 4) is 0 Å². The normalized spacial score (nSPS) is 18.1. The zero-order valence-electron chi connectivity index (χ0n) is 8.69. The maximum absolute atomic E-state index is 11.9. The first-order valence-electron chi connectivity index (χ1n) is 5.33. The molecular formula is C11H16N2O2. The predicted octanol–water partition coefficient (Wildman–Crippen LogP) is 1.09. The molecule has 0 unspecified atom stereocenters. The Labute approximate surface area is 89.0 Å². The average molecular weight is 208 g/mol. The summed E-state index contributed by atoms with van der Waals surface area (Å²) < 4.78 is 4.90. The van der Waals surface area contributed by atoms with Crippen LogP contribution in [-0.4, -0.2) is 30.4 Å². The van der Waals surface area contributed by atoms with Crippen LogP contribution in [0, 0.1) is 5.92 Å². The van der Waals surface area contributed by atoms with Gasteiger partial charge in [0.15, 0.2) is 0 Å². The maximum atomic E-state index is 11.9. The number of carbonyl (C=O) groups is 1. The van der Waals surface area contributed by atoms with Gasteiger partial charge in [-0.3, -0.25) is 4.79 Å². The van der Waals surface area contributed by atoms with Gasteiger partial charge < -0.3 is 15.1 Å². The van der Waals surface area contributed by atoms with Crippen LogP contribution >= 0.6 is 0 Å². The highest BCUT2D eigenvalue weighted by atomic mass is 16.3. The number of amides is 1. The number of nitrogens with two attached hydrogens (primary N) is 1. The van der Waals surface area contributed by atoms with Gasteiger partial charge in [0.1, 0.15) is 6.26 Å². The second-order valence-corrected chi connectivity index (χ2v) is 3.98. The third-order valence-electron chi connectivity index (χ3n) is 3.00. The summed E-state index contributed by atoms with van der Waals surface area (Å²) in [4.78, 5) is 13.8. The maximum Gasteiger partial charge on any atom is 0.257 e. The zero-order chi connectivity index (χ0) is 10.7. The van der Waals surface area contributed by atoms with Gasteiger partial charge in [0.2, 0.25) is 0 Å². The Balaban J connectivity index is 1.93. The number of nitrogens with zero attached hydrogens (tertiary/aromatic N) is 1. The fraction of sp³-hybridized carbons (Fsp3) is 0.545. The number of hydrogen-bond acceptors (Lipinski definition) is 3. The van der Waals surface area contributed by atoms with E-state index < -0.39 is 0 Å². The molecule has 0 bridgehead atoms. The van der Waals surface area contributed by atoms with Gasteiger partial charge in [-0.25, -0.2) is 0 Å². The summed E-state index contributed by atoms with van der Waals surface area (Å²) in [6.07, 6.45) is 5.05. The van der Waals surface area contributed by atoms with Crippen molar-refractivity contribution in [3.05, 3.63) is 24.2 Å². The number of piperidine rings is 1. The smallest absolute Gasteiger partial charge is 0.257 e. The summed E-state index contributed by atoms with van der Waals surface area (Å²) in [6, 6.07) is 1.71. The first-order valence-corrected chi connectivity index (χ1v) is 5.33. The van der Waals surface area contributed by atoms with Crippen LogP contribution in [0.15, 0.2) is 23.0 Å². The summed E-state index contributed by atoms with van der Waals surface area (Å²) in [6.45, 7) is 2.35. The number of hydrogen-bond donors (Lipinski definition) is 1. The van der Waals surface area contributed by atoms with E-state index in [2.05, 4.69) is 0 Å². The minimum Gasteiger partial charge on any atom is -0.472 e. The summed E-state index contributed by atoms with van der Waals surface area (Å²) >= 11 is 0. The van der Waals surface area contributed by atoms with E-state index in [0.29, 0.717) is 11.5 Å². The van der Waals surface area contributed by atoms with Gasteiger partial charge in [0.05, 0.1) is 11.8 Å². The Morgan fingerprint density at radius 2 is 2.27 bits per heavy atom. The zero-order valence-corrected chi connectivity index (χ0v) is 8.69. The summed E-state index contributed by atoms with van der Waals surface area (Å²) in [7, 11) is 0. The second kappa shape index (κ2) is 4.49. The van der Waals surface area contributed by atoms with Crippen LogP contribution in [-0.2, 0) is 0 Å². The minimum atomic E-state index is 0.0687. The Morgan fingerprint density at radius 1 is 1.53 bits per heavy atom. The molecule has 0 atom stereocenters. The van der Waals surface area contributed by atoms with Crippen LogP contribution in [0.3, 0.4) is 0 Å². The molecule has 1 aromatic rings. The van der Waals surface area contributed by atoms with Gasteiger partial charge in [-0.05, 0) is 31.4 Å². The highest BCUT2D eigenvalue weighted by Gasteiger charge is 2.23. The van der Waals surface area contributed by atoms with Crippen LogP contribution in [0.2, 0.25) is 0 Å². The van der Waals surface area contributed by atoms with Crippen LogP contribution in [0.1, 0.15) is 23.2 Å². The van der Waals surface area contributed by atoms with Gasteiger partial charge in [0.25, 0.3) is 5.91 Å². The van der Waals surface area contributed by atoms with E-state index >= 15 is 0 Å². The van der Waals surface area contributed by atoms with Crippen molar-refractivity contribution >= 4 is 5.91 Å². The monoisotopic (exact) mass is 208 g/mol. The van der Waals surface area contributed by atoms with E-state index in [1.807, 2.05) is 4.90 Å². The van der Waals surface area contributed by atoms with Gasteiger partial charge in [-0.2, -0.15) is 0 Å². The molecule has 4 nitrogen and oxygen atoms in total. The topological polar surface area (TPSA) is 59.5 Å². The second-order valence-electron chi connectivity index (χ2n) is 3.98. The summed E-state index contributed by atoms with van der Waals surface area (Å²) in [5.41, 5.74) is 6.24. The Kier molecular flexibility index (Phi) is 3.06. The van der Waals surface area contributed by atoms with Crippen molar-refractivity contribution in [3.63, 3.8) is 0 Å². The lowest BCUT2D eigenvalue weighted by molar-refractivity contribution is 0.0692. The molecule has 0 spiro atoms. The van der Waals surface area contributed by atoms with E-state index in [-0.39, 0.29) is 5.91 Å². The lowest BCUT2D eigenvalue weighted by Gasteiger charge is -2.31. The third-order valence-corrected chi connectivity index (χ3v) is 3.00. The van der Waals surface area contributed by atoms with E-state index in [1.165, 1.54) is 12.5 Å². The fourth-order valence-corrected chi connectivity index (χ4v) is 1.94. The molecule has 1 fully saturated rings. The van der Waals surface area contributed by atoms with Crippen molar-refractivity contribution in [1.29, 1.82) is 0 Å². The molecule has 0 aliphatic carbocycles. The highest BCUT2D eigenvalue weighted by molar-refractivity contribution is 5.93. The first kappa shape index (κ1) is 10.2. The molecule has 1 aliphatic heterocycles. The fourth-order valence-electron chi connectivity index (χ4n) is 1.94. The standard InChI is InChI=1S/C11H16N2O2/c12-7-9-1-4-13(5-2-9)11(14)10-3-6-15-8-10/h3,6,8-9H,1-2,4-5,7,12H2. The number of furan rings is 1. The van der Waals surface area contributed by atoms with Gasteiger partial charge >= 0.3 is 0 Å². The number of rotatable bonds is 2. The van der Waals surface area contributed by atoms with Gasteiger partial charge in [-0.1, -0.05) is 0 Å². The number of carbonyl (C=O) groups excluding carboxylic acids is 1. The van der Waals surface area contributed by atoms with Crippen molar-refractivity contribution in [1.82, 2.24) is 4.90 Å². The lowest BCUT2D eigenvalue weighted by Crippen LogP contribution is -2.39. The molecule has 0 saturated carbocycles. The molecule has 0 aromatic carbocycles. The average Bonchev–Trinajstić information content (AvgIpc) is 2.82. The van der Waals surface area contributed by atoms with Crippen LogP contribution < -0.4 is 5.73 Å². The van der Waals surface area contributed by atoms with Crippen LogP contribution in [0.5, 0.6) is 0 Å². The third kappa shape index (κ3) is 2.21. The van der Waals surface area contributed by atoms with Crippen molar-refractivity contribution < 1.29 is 9.21 Å². The summed E-state index contributed by atoms with van der Waals surface area (Å²) in [5, 5.41) is 0. The first-order chi connectivity index (χ1) is 7.31. The molecule has 2 heterocycles. The van der Waals surface area contributed by atoms with Gasteiger partial charge in [-0.15, -0.1) is 0 Å². The van der Waals surface area contributed by atoms with Crippen molar-refractivity contribution in [2.24, 2.45) is 11.7 Å². The Bertz CT molecular complexity index is 313. The lowest BCUT2D eigenvalue weighted by atomic mass is 9.97. The molecule has 1 aliphatic rings. The van der Waals surface area contributed by atoms with Crippen LogP contribution in [0.4, 0.5) is 0 Å². The van der Waals surface area contributed by atoms with Gasteiger partial charge in [0, 0.05) is 13.1 Å². The van der Waals surface area contributed by atoms with Crippen molar-refractivity contribution in [2.45, 2.75) is 12.8 Å². The van der Waals surface area contributed by atoms with Crippen LogP contribution in [0.25, 0.3) is 0 Å². The molecule has 2 rings (SSSR count). The van der Waals surface area contributed by atoms with E-state index in [9.17, 15) is 4.79 Å².